The molecule has 3 N–H and O–H groups in total. The number of nitrogens with two attached hydrogens (primary N) is 1. The number of aromatic hydroxyl groups is 1. The molecule has 1 aromatic carbocycles. The summed E-state index contributed by atoms with van der Waals surface area (Å²) >= 11 is 0. The Kier molecular flexibility index (Phi) is 2.34. The van der Waals surface area contributed by atoms with Crippen molar-refractivity contribution in [2.24, 2.45) is 0 Å². The Bertz CT molecular complexity index is 544. The lowest BCUT2D eigenvalue weighted by Gasteiger charge is -2.10. The van der Waals surface area contributed by atoms with E-state index in [1.807, 2.05) is 26.8 Å². The Morgan fingerprint density at radius 3 is 2.44 bits per heavy atom. The van der Waals surface area contributed by atoms with Gasteiger partial charge < -0.3 is 15.4 Å². The van der Waals surface area contributed by atoms with Crippen molar-refractivity contribution in [2.45, 2.75) is 20.8 Å². The number of rotatable bonds is 1. The van der Waals surface area contributed by atoms with Gasteiger partial charge in [0.1, 0.15) is 5.75 Å². The summed E-state index contributed by atoms with van der Waals surface area (Å²) in [6, 6.07) is 3.61. The van der Waals surface area contributed by atoms with Gasteiger partial charge in [0.15, 0.2) is 11.6 Å². The van der Waals surface area contributed by atoms with Gasteiger partial charge in [-0.1, -0.05) is 11.2 Å². The quantitative estimate of drug-likeness (QED) is 0.771. The van der Waals surface area contributed by atoms with Crippen molar-refractivity contribution in [3.8, 4) is 17.1 Å². The highest BCUT2D eigenvalue weighted by Crippen LogP contribution is 2.37. The zero-order chi connectivity index (χ0) is 11.9. The first-order valence-corrected chi connectivity index (χ1v) is 5.03. The van der Waals surface area contributed by atoms with E-state index >= 15 is 0 Å². The average Bonchev–Trinajstić information content (AvgIpc) is 2.61. The summed E-state index contributed by atoms with van der Waals surface area (Å²) in [5.74, 6) is 1.04. The molecule has 0 aliphatic carbocycles. The van der Waals surface area contributed by atoms with Gasteiger partial charge in [-0.05, 0) is 37.5 Å². The van der Waals surface area contributed by atoms with E-state index in [1.54, 1.807) is 6.07 Å². The number of hydrogen-bond donors (Lipinski definition) is 2. The fourth-order valence-electron chi connectivity index (χ4n) is 1.78. The summed E-state index contributed by atoms with van der Waals surface area (Å²) in [6.07, 6.45) is 0. The van der Waals surface area contributed by atoms with Gasteiger partial charge in [0, 0.05) is 6.07 Å². The minimum absolute atomic E-state index is 0.230. The second-order valence-corrected chi connectivity index (χ2v) is 3.97. The number of hydrogen-bond acceptors (Lipinski definition) is 4. The summed E-state index contributed by atoms with van der Waals surface area (Å²) in [6.45, 7) is 5.74. The molecule has 0 unspecified atom stereocenters. The van der Waals surface area contributed by atoms with Gasteiger partial charge in [0.25, 0.3) is 0 Å². The number of phenols is 1. The van der Waals surface area contributed by atoms with Crippen LogP contribution in [0.25, 0.3) is 11.3 Å². The molecule has 0 spiro atoms. The fourth-order valence-corrected chi connectivity index (χ4v) is 1.78. The highest BCUT2D eigenvalue weighted by molar-refractivity contribution is 5.73. The lowest BCUT2D eigenvalue weighted by molar-refractivity contribution is 0.428. The van der Waals surface area contributed by atoms with Gasteiger partial charge >= 0.3 is 0 Å². The number of nitrogen functional groups attached to an aromatic ring is 1. The molecule has 2 rings (SSSR count). The second kappa shape index (κ2) is 3.56. The van der Waals surface area contributed by atoms with Crippen LogP contribution in [0, 0.1) is 20.8 Å². The first-order valence-electron chi connectivity index (χ1n) is 5.03. The van der Waals surface area contributed by atoms with E-state index in [9.17, 15) is 5.11 Å². The summed E-state index contributed by atoms with van der Waals surface area (Å²) in [5, 5.41) is 13.7. The standard InChI is InChI=1S/C12H14N2O2/c1-6-4-7(2)11(12(15)8(6)3)9-5-10(13)14-16-9/h4-5,15H,1-3H3,(H2,13,14). The zero-order valence-corrected chi connectivity index (χ0v) is 9.53. The minimum Gasteiger partial charge on any atom is -0.507 e. The summed E-state index contributed by atoms with van der Waals surface area (Å²) in [5.41, 5.74) is 8.99. The predicted molar refractivity (Wildman–Crippen MR) is 62.2 cm³/mol. The SMILES string of the molecule is Cc1cc(C)c(-c2cc(N)no2)c(O)c1C. The monoisotopic (exact) mass is 218 g/mol. The van der Waals surface area contributed by atoms with Gasteiger partial charge in [0.2, 0.25) is 0 Å². The zero-order valence-electron chi connectivity index (χ0n) is 9.53. The van der Waals surface area contributed by atoms with E-state index in [4.69, 9.17) is 10.3 Å². The van der Waals surface area contributed by atoms with Crippen LogP contribution in [0.15, 0.2) is 16.7 Å². The molecule has 4 nitrogen and oxygen atoms in total. The smallest absolute Gasteiger partial charge is 0.173 e. The maximum absolute atomic E-state index is 10.1. The van der Waals surface area contributed by atoms with E-state index in [0.29, 0.717) is 17.1 Å². The molecule has 0 aliphatic rings. The van der Waals surface area contributed by atoms with E-state index in [1.165, 1.54) is 0 Å². The Labute approximate surface area is 93.7 Å². The Morgan fingerprint density at radius 2 is 1.88 bits per heavy atom. The van der Waals surface area contributed by atoms with Crippen LogP contribution in [-0.2, 0) is 0 Å². The topological polar surface area (TPSA) is 72.3 Å². The highest BCUT2D eigenvalue weighted by atomic mass is 16.5. The number of phenolic OH excluding ortho intramolecular Hbond substituents is 1. The highest BCUT2D eigenvalue weighted by Gasteiger charge is 2.16. The molecule has 0 amide bonds. The minimum atomic E-state index is 0.230. The van der Waals surface area contributed by atoms with Crippen molar-refractivity contribution in [2.75, 3.05) is 5.73 Å². The first-order chi connectivity index (χ1) is 7.50. The molecule has 1 aromatic heterocycles. The maximum atomic E-state index is 10.1. The molecule has 0 saturated heterocycles. The van der Waals surface area contributed by atoms with Gasteiger partial charge in [-0.2, -0.15) is 0 Å². The summed E-state index contributed by atoms with van der Waals surface area (Å²) in [7, 11) is 0. The van der Waals surface area contributed by atoms with Crippen molar-refractivity contribution in [1.82, 2.24) is 5.16 Å². The van der Waals surface area contributed by atoms with Crippen LogP contribution in [0.5, 0.6) is 5.75 Å². The van der Waals surface area contributed by atoms with Crippen LogP contribution in [0.4, 0.5) is 5.82 Å². The first kappa shape index (κ1) is 10.5. The van der Waals surface area contributed by atoms with Crippen molar-refractivity contribution in [1.29, 1.82) is 0 Å². The molecule has 16 heavy (non-hydrogen) atoms. The maximum Gasteiger partial charge on any atom is 0.173 e. The van der Waals surface area contributed by atoms with Crippen LogP contribution in [0.1, 0.15) is 16.7 Å². The fraction of sp³-hybridized carbons (Fsp3) is 0.250. The molecule has 0 aliphatic heterocycles. The third-order valence-electron chi connectivity index (χ3n) is 2.79. The molecule has 0 atom stereocenters. The molecule has 0 fully saturated rings. The number of benzene rings is 1. The summed E-state index contributed by atoms with van der Waals surface area (Å²) < 4.78 is 5.07. The molecular weight excluding hydrogens is 204 g/mol. The number of aromatic nitrogens is 1. The molecule has 84 valence electrons. The molecule has 0 radical (unpaired) electrons. The number of anilines is 1. The van der Waals surface area contributed by atoms with E-state index in [2.05, 4.69) is 5.16 Å². The van der Waals surface area contributed by atoms with Gasteiger partial charge in [-0.3, -0.25) is 0 Å². The number of nitrogens with zero attached hydrogens (tertiary/aromatic N) is 1. The van der Waals surface area contributed by atoms with Crippen molar-refractivity contribution >= 4 is 5.82 Å². The van der Waals surface area contributed by atoms with Crippen LogP contribution in [0.2, 0.25) is 0 Å². The Hall–Kier alpha value is -1.97. The Balaban J connectivity index is 2.70. The van der Waals surface area contributed by atoms with E-state index in [0.717, 1.165) is 16.7 Å². The largest absolute Gasteiger partial charge is 0.507 e. The van der Waals surface area contributed by atoms with Crippen LogP contribution >= 0.6 is 0 Å². The molecular formula is C12H14N2O2. The van der Waals surface area contributed by atoms with Crippen molar-refractivity contribution < 1.29 is 9.63 Å². The van der Waals surface area contributed by atoms with Crippen molar-refractivity contribution in [3.05, 3.63) is 28.8 Å². The normalized spacial score (nSPS) is 10.7. The van der Waals surface area contributed by atoms with Gasteiger partial charge in [-0.15, -0.1) is 0 Å². The van der Waals surface area contributed by atoms with Gasteiger partial charge in [0.05, 0.1) is 5.56 Å². The van der Waals surface area contributed by atoms with Crippen LogP contribution in [0.3, 0.4) is 0 Å². The van der Waals surface area contributed by atoms with Crippen LogP contribution < -0.4 is 5.73 Å². The number of aryl methyl sites for hydroxylation is 2. The predicted octanol–water partition coefficient (Wildman–Crippen LogP) is 2.55. The van der Waals surface area contributed by atoms with E-state index < -0.39 is 0 Å². The molecule has 2 aromatic rings. The molecule has 4 heteroatoms. The molecule has 0 saturated carbocycles. The van der Waals surface area contributed by atoms with Crippen LogP contribution in [-0.4, -0.2) is 10.3 Å². The van der Waals surface area contributed by atoms with E-state index in [-0.39, 0.29) is 5.75 Å². The third-order valence-corrected chi connectivity index (χ3v) is 2.79. The van der Waals surface area contributed by atoms with Gasteiger partial charge in [-0.25, -0.2) is 0 Å². The lowest BCUT2D eigenvalue weighted by Crippen LogP contribution is -1.90. The van der Waals surface area contributed by atoms with Crippen molar-refractivity contribution in [3.63, 3.8) is 0 Å². The Morgan fingerprint density at radius 1 is 1.19 bits per heavy atom. The third kappa shape index (κ3) is 1.52. The molecule has 1 heterocycles. The average molecular weight is 218 g/mol. The molecule has 0 bridgehead atoms. The second-order valence-electron chi connectivity index (χ2n) is 3.97. The summed E-state index contributed by atoms with van der Waals surface area (Å²) in [4.78, 5) is 0. The lowest BCUT2D eigenvalue weighted by atomic mass is 9.97.